The number of hydrogen-bond donors (Lipinski definition) is 0. The SMILES string of the molecule is COC(=O)c1cc(B2OC(C)(C)C(C)(C)O2)ccc1-c1ccccc1. The minimum Gasteiger partial charge on any atom is -0.465 e. The maximum Gasteiger partial charge on any atom is 0.494 e. The summed E-state index contributed by atoms with van der Waals surface area (Å²) in [5.74, 6) is -0.378. The van der Waals surface area contributed by atoms with Crippen LogP contribution in [0.4, 0.5) is 0 Å². The zero-order valence-electron chi connectivity index (χ0n) is 15.3. The molecule has 5 heteroatoms. The molecule has 0 aliphatic carbocycles. The first-order valence-corrected chi connectivity index (χ1v) is 8.38. The summed E-state index contributed by atoms with van der Waals surface area (Å²) >= 11 is 0. The zero-order chi connectivity index (χ0) is 18.2. The predicted molar refractivity (Wildman–Crippen MR) is 98.9 cm³/mol. The van der Waals surface area contributed by atoms with Crippen molar-refractivity contribution in [2.75, 3.05) is 7.11 Å². The van der Waals surface area contributed by atoms with E-state index in [1.54, 1.807) is 6.07 Å². The van der Waals surface area contributed by atoms with Gasteiger partial charge in [-0.05, 0) is 50.4 Å². The molecule has 1 aliphatic rings. The lowest BCUT2D eigenvalue weighted by molar-refractivity contribution is 0.00578. The Hall–Kier alpha value is -2.11. The van der Waals surface area contributed by atoms with Gasteiger partial charge in [-0.15, -0.1) is 0 Å². The monoisotopic (exact) mass is 338 g/mol. The topological polar surface area (TPSA) is 44.8 Å². The largest absolute Gasteiger partial charge is 0.494 e. The second-order valence-corrected chi connectivity index (χ2v) is 7.25. The first-order chi connectivity index (χ1) is 11.7. The Morgan fingerprint density at radius 3 is 2.12 bits per heavy atom. The first kappa shape index (κ1) is 17.7. The van der Waals surface area contributed by atoms with Crippen LogP contribution in [0.1, 0.15) is 38.1 Å². The van der Waals surface area contributed by atoms with Gasteiger partial charge in [0.2, 0.25) is 0 Å². The summed E-state index contributed by atoms with van der Waals surface area (Å²) in [6, 6.07) is 15.4. The maximum atomic E-state index is 12.3. The van der Waals surface area contributed by atoms with Crippen LogP contribution < -0.4 is 5.46 Å². The van der Waals surface area contributed by atoms with Crippen LogP contribution in [0.25, 0.3) is 11.1 Å². The highest BCUT2D eigenvalue weighted by molar-refractivity contribution is 6.62. The van der Waals surface area contributed by atoms with Gasteiger partial charge in [-0.3, -0.25) is 0 Å². The molecular weight excluding hydrogens is 315 g/mol. The van der Waals surface area contributed by atoms with Crippen molar-refractivity contribution in [1.82, 2.24) is 0 Å². The van der Waals surface area contributed by atoms with Crippen LogP contribution in [0.2, 0.25) is 0 Å². The van der Waals surface area contributed by atoms with E-state index in [2.05, 4.69) is 0 Å². The summed E-state index contributed by atoms with van der Waals surface area (Å²) in [5, 5.41) is 0. The molecule has 130 valence electrons. The Morgan fingerprint density at radius 2 is 1.56 bits per heavy atom. The van der Waals surface area contributed by atoms with Crippen LogP contribution in [0.5, 0.6) is 0 Å². The molecule has 25 heavy (non-hydrogen) atoms. The molecule has 0 atom stereocenters. The average Bonchev–Trinajstić information content (AvgIpc) is 2.82. The normalized spacial score (nSPS) is 18.2. The van der Waals surface area contributed by atoms with Crippen LogP contribution in [-0.4, -0.2) is 31.4 Å². The van der Waals surface area contributed by atoms with E-state index in [0.717, 1.165) is 16.6 Å². The lowest BCUT2D eigenvalue weighted by Gasteiger charge is -2.32. The van der Waals surface area contributed by atoms with Gasteiger partial charge in [0.1, 0.15) is 0 Å². The van der Waals surface area contributed by atoms with Crippen molar-refractivity contribution in [1.29, 1.82) is 0 Å². The second-order valence-electron chi connectivity index (χ2n) is 7.25. The molecule has 0 bridgehead atoms. The van der Waals surface area contributed by atoms with E-state index < -0.39 is 18.3 Å². The van der Waals surface area contributed by atoms with Gasteiger partial charge in [0.25, 0.3) is 0 Å². The number of carbonyl (C=O) groups is 1. The Bertz CT molecular complexity index is 768. The molecule has 3 rings (SSSR count). The fraction of sp³-hybridized carbons (Fsp3) is 0.350. The third-order valence-electron chi connectivity index (χ3n) is 5.06. The third kappa shape index (κ3) is 3.22. The lowest BCUT2D eigenvalue weighted by Crippen LogP contribution is -2.41. The van der Waals surface area contributed by atoms with Gasteiger partial charge in [-0.1, -0.05) is 42.5 Å². The number of carbonyl (C=O) groups excluding carboxylic acids is 1. The lowest BCUT2D eigenvalue weighted by atomic mass is 9.77. The summed E-state index contributed by atoms with van der Waals surface area (Å²) in [7, 11) is 0.872. The predicted octanol–water partition coefficient (Wildman–Crippen LogP) is 3.44. The molecule has 0 unspecified atom stereocenters. The molecule has 0 saturated carbocycles. The fourth-order valence-corrected chi connectivity index (χ4v) is 2.84. The number of methoxy groups -OCH3 is 1. The Labute approximate surface area is 149 Å². The van der Waals surface area contributed by atoms with Crippen molar-refractivity contribution in [3.8, 4) is 11.1 Å². The van der Waals surface area contributed by atoms with Crippen molar-refractivity contribution in [3.05, 3.63) is 54.1 Å². The summed E-state index contributed by atoms with van der Waals surface area (Å²) in [6.07, 6.45) is 0. The molecule has 1 fully saturated rings. The highest BCUT2D eigenvalue weighted by atomic mass is 16.7. The van der Waals surface area contributed by atoms with Crippen molar-refractivity contribution in [3.63, 3.8) is 0 Å². The Kier molecular flexibility index (Phi) is 4.48. The summed E-state index contributed by atoms with van der Waals surface area (Å²) in [4.78, 5) is 12.3. The molecule has 0 spiro atoms. The smallest absolute Gasteiger partial charge is 0.465 e. The molecule has 2 aromatic carbocycles. The van der Waals surface area contributed by atoms with Gasteiger partial charge in [0, 0.05) is 0 Å². The maximum absolute atomic E-state index is 12.3. The first-order valence-electron chi connectivity index (χ1n) is 8.38. The molecule has 1 aliphatic heterocycles. The molecule has 0 amide bonds. The van der Waals surface area contributed by atoms with E-state index in [1.807, 2.05) is 70.2 Å². The molecule has 2 aromatic rings. The minimum atomic E-state index is -0.516. The number of rotatable bonds is 3. The quantitative estimate of drug-likeness (QED) is 0.635. The van der Waals surface area contributed by atoms with Crippen LogP contribution in [0, 0.1) is 0 Å². The van der Waals surface area contributed by atoms with E-state index in [1.165, 1.54) is 7.11 Å². The van der Waals surface area contributed by atoms with Crippen LogP contribution in [-0.2, 0) is 14.0 Å². The van der Waals surface area contributed by atoms with E-state index in [9.17, 15) is 4.79 Å². The van der Waals surface area contributed by atoms with E-state index in [4.69, 9.17) is 14.0 Å². The molecule has 1 saturated heterocycles. The Balaban J connectivity index is 2.03. The van der Waals surface area contributed by atoms with E-state index in [0.29, 0.717) is 5.56 Å². The number of esters is 1. The number of hydrogen-bond acceptors (Lipinski definition) is 4. The molecular formula is C20H23BO4. The summed E-state index contributed by atoms with van der Waals surface area (Å²) in [5.41, 5.74) is 2.23. The van der Waals surface area contributed by atoms with Crippen LogP contribution >= 0.6 is 0 Å². The van der Waals surface area contributed by atoms with Crippen LogP contribution in [0.3, 0.4) is 0 Å². The Morgan fingerprint density at radius 1 is 0.960 bits per heavy atom. The highest BCUT2D eigenvalue weighted by Gasteiger charge is 2.51. The van der Waals surface area contributed by atoms with Gasteiger partial charge in [-0.25, -0.2) is 4.79 Å². The van der Waals surface area contributed by atoms with E-state index >= 15 is 0 Å². The van der Waals surface area contributed by atoms with Gasteiger partial charge >= 0.3 is 13.1 Å². The average molecular weight is 338 g/mol. The van der Waals surface area contributed by atoms with Crippen molar-refractivity contribution in [2.45, 2.75) is 38.9 Å². The standard InChI is InChI=1S/C20H23BO4/c1-19(2)20(3,4)25-21(24-19)15-11-12-16(14-9-7-6-8-10-14)17(13-15)18(22)23-5/h6-13H,1-5H3. The summed E-state index contributed by atoms with van der Waals surface area (Å²) < 4.78 is 17.2. The van der Waals surface area contributed by atoms with Crippen molar-refractivity contribution < 1.29 is 18.8 Å². The van der Waals surface area contributed by atoms with Crippen LogP contribution in [0.15, 0.2) is 48.5 Å². The molecule has 0 N–H and O–H groups in total. The van der Waals surface area contributed by atoms with Crippen molar-refractivity contribution in [2.24, 2.45) is 0 Å². The summed E-state index contributed by atoms with van der Waals surface area (Å²) in [6.45, 7) is 8.03. The minimum absolute atomic E-state index is 0.378. The molecule has 1 heterocycles. The molecule has 0 aromatic heterocycles. The van der Waals surface area contributed by atoms with Gasteiger partial charge in [0.05, 0.1) is 23.9 Å². The highest BCUT2D eigenvalue weighted by Crippen LogP contribution is 2.36. The second kappa shape index (κ2) is 6.32. The number of benzene rings is 2. The van der Waals surface area contributed by atoms with Gasteiger partial charge in [-0.2, -0.15) is 0 Å². The molecule has 0 radical (unpaired) electrons. The van der Waals surface area contributed by atoms with Gasteiger partial charge in [0.15, 0.2) is 0 Å². The molecule has 4 nitrogen and oxygen atoms in total. The van der Waals surface area contributed by atoms with Crippen molar-refractivity contribution >= 4 is 18.6 Å². The zero-order valence-corrected chi connectivity index (χ0v) is 15.3. The number of ether oxygens (including phenoxy) is 1. The van der Waals surface area contributed by atoms with Gasteiger partial charge < -0.3 is 14.0 Å². The van der Waals surface area contributed by atoms with E-state index in [-0.39, 0.29) is 5.97 Å². The fourth-order valence-electron chi connectivity index (χ4n) is 2.84. The third-order valence-corrected chi connectivity index (χ3v) is 5.06.